The second-order valence-corrected chi connectivity index (χ2v) is 7.60. The Morgan fingerprint density at radius 2 is 1.72 bits per heavy atom. The fourth-order valence-corrected chi connectivity index (χ4v) is 2.64. The standard InChI is InChI=1S/C20H24BrNO3/c1-20(2,3)25-19(23)22-14-16(13-15-9-5-4-6-10-15)24-18-12-8-7-11-17(18)21/h4-12,16H,13-14H2,1-3H3,(H,22,23). The van der Waals surface area contributed by atoms with Gasteiger partial charge in [-0.15, -0.1) is 0 Å². The van der Waals surface area contributed by atoms with Gasteiger partial charge in [-0.3, -0.25) is 0 Å². The number of carbonyl (C=O) groups excluding carboxylic acids is 1. The van der Waals surface area contributed by atoms with Crippen LogP contribution in [0.4, 0.5) is 4.79 Å². The summed E-state index contributed by atoms with van der Waals surface area (Å²) in [6, 6.07) is 17.7. The highest BCUT2D eigenvalue weighted by Gasteiger charge is 2.19. The maximum atomic E-state index is 11.9. The van der Waals surface area contributed by atoms with Crippen molar-refractivity contribution in [1.29, 1.82) is 0 Å². The topological polar surface area (TPSA) is 47.6 Å². The van der Waals surface area contributed by atoms with E-state index in [2.05, 4.69) is 21.2 Å². The average molecular weight is 406 g/mol. The molecule has 0 fully saturated rings. The van der Waals surface area contributed by atoms with Crippen LogP contribution in [0.5, 0.6) is 5.75 Å². The maximum absolute atomic E-state index is 11.9. The minimum absolute atomic E-state index is 0.214. The first-order chi connectivity index (χ1) is 11.8. The lowest BCUT2D eigenvalue weighted by atomic mass is 10.1. The molecule has 0 aliphatic carbocycles. The van der Waals surface area contributed by atoms with E-state index in [-0.39, 0.29) is 6.10 Å². The highest BCUT2D eigenvalue weighted by Crippen LogP contribution is 2.25. The second-order valence-electron chi connectivity index (χ2n) is 6.74. The largest absolute Gasteiger partial charge is 0.487 e. The Morgan fingerprint density at radius 3 is 2.36 bits per heavy atom. The summed E-state index contributed by atoms with van der Waals surface area (Å²) >= 11 is 3.49. The first-order valence-electron chi connectivity index (χ1n) is 8.25. The number of hydrogen-bond acceptors (Lipinski definition) is 3. The van der Waals surface area contributed by atoms with Crippen LogP contribution in [0.3, 0.4) is 0 Å². The predicted octanol–water partition coefficient (Wildman–Crippen LogP) is 4.96. The number of hydrogen-bond donors (Lipinski definition) is 1. The number of amides is 1. The van der Waals surface area contributed by atoms with Crippen molar-refractivity contribution < 1.29 is 14.3 Å². The zero-order valence-corrected chi connectivity index (χ0v) is 16.4. The molecule has 5 heteroatoms. The van der Waals surface area contributed by atoms with Gasteiger partial charge in [0, 0.05) is 6.42 Å². The molecule has 2 aromatic rings. The molecule has 1 unspecified atom stereocenters. The molecule has 0 radical (unpaired) electrons. The van der Waals surface area contributed by atoms with Gasteiger partial charge in [-0.05, 0) is 54.4 Å². The second kappa shape index (κ2) is 8.90. The van der Waals surface area contributed by atoms with Gasteiger partial charge in [-0.25, -0.2) is 4.79 Å². The number of carbonyl (C=O) groups is 1. The zero-order chi connectivity index (χ0) is 18.3. The van der Waals surface area contributed by atoms with Crippen molar-refractivity contribution in [2.75, 3.05) is 6.54 Å². The summed E-state index contributed by atoms with van der Waals surface area (Å²) < 4.78 is 12.3. The van der Waals surface area contributed by atoms with E-state index in [9.17, 15) is 4.79 Å². The lowest BCUT2D eigenvalue weighted by molar-refractivity contribution is 0.0500. The first-order valence-corrected chi connectivity index (χ1v) is 9.05. The molecule has 0 saturated heterocycles. The molecule has 2 aromatic carbocycles. The van der Waals surface area contributed by atoms with E-state index in [0.29, 0.717) is 13.0 Å². The van der Waals surface area contributed by atoms with Gasteiger partial charge in [0.15, 0.2) is 0 Å². The van der Waals surface area contributed by atoms with Gasteiger partial charge in [0.05, 0.1) is 11.0 Å². The normalized spacial score (nSPS) is 12.3. The lowest BCUT2D eigenvalue weighted by Crippen LogP contribution is -2.39. The van der Waals surface area contributed by atoms with Crippen LogP contribution >= 0.6 is 15.9 Å². The van der Waals surface area contributed by atoms with Crippen molar-refractivity contribution in [1.82, 2.24) is 5.32 Å². The van der Waals surface area contributed by atoms with Crippen molar-refractivity contribution in [3.8, 4) is 5.75 Å². The molecule has 134 valence electrons. The van der Waals surface area contributed by atoms with Crippen molar-refractivity contribution >= 4 is 22.0 Å². The minimum Gasteiger partial charge on any atom is -0.487 e. The molecule has 25 heavy (non-hydrogen) atoms. The van der Waals surface area contributed by atoms with Crippen LogP contribution in [0.25, 0.3) is 0 Å². The summed E-state index contributed by atoms with van der Waals surface area (Å²) in [6.07, 6.45) is 0.0211. The van der Waals surface area contributed by atoms with Crippen LogP contribution < -0.4 is 10.1 Å². The highest BCUT2D eigenvalue weighted by molar-refractivity contribution is 9.10. The molecule has 0 heterocycles. The van der Waals surface area contributed by atoms with E-state index >= 15 is 0 Å². The Hall–Kier alpha value is -2.01. The van der Waals surface area contributed by atoms with Crippen LogP contribution in [0, 0.1) is 0 Å². The van der Waals surface area contributed by atoms with Crippen molar-refractivity contribution in [2.24, 2.45) is 0 Å². The first kappa shape index (κ1) is 19.3. The van der Waals surface area contributed by atoms with Crippen molar-refractivity contribution in [3.05, 3.63) is 64.6 Å². The molecule has 1 amide bonds. The third-order valence-electron chi connectivity index (χ3n) is 3.31. The van der Waals surface area contributed by atoms with E-state index < -0.39 is 11.7 Å². The van der Waals surface area contributed by atoms with Gasteiger partial charge in [-0.1, -0.05) is 42.5 Å². The molecule has 2 rings (SSSR count). The van der Waals surface area contributed by atoms with Gasteiger partial charge in [-0.2, -0.15) is 0 Å². The Kier molecular flexibility index (Phi) is 6.88. The predicted molar refractivity (Wildman–Crippen MR) is 103 cm³/mol. The SMILES string of the molecule is CC(C)(C)OC(=O)NCC(Cc1ccccc1)Oc1ccccc1Br. The maximum Gasteiger partial charge on any atom is 0.407 e. The smallest absolute Gasteiger partial charge is 0.407 e. The third kappa shape index (κ3) is 7.18. The van der Waals surface area contributed by atoms with Crippen LogP contribution in [-0.2, 0) is 11.2 Å². The lowest BCUT2D eigenvalue weighted by Gasteiger charge is -2.23. The summed E-state index contributed by atoms with van der Waals surface area (Å²) in [7, 11) is 0. The number of benzene rings is 2. The monoisotopic (exact) mass is 405 g/mol. The molecule has 1 atom stereocenters. The fraction of sp³-hybridized carbons (Fsp3) is 0.350. The number of rotatable bonds is 6. The quantitative estimate of drug-likeness (QED) is 0.738. The summed E-state index contributed by atoms with van der Waals surface area (Å²) in [4.78, 5) is 11.9. The third-order valence-corrected chi connectivity index (χ3v) is 3.96. The molecular formula is C20H24BrNO3. The number of nitrogens with one attached hydrogen (secondary N) is 1. The molecule has 0 aliphatic heterocycles. The summed E-state index contributed by atoms with van der Waals surface area (Å²) in [5, 5.41) is 2.80. The molecule has 0 aromatic heterocycles. The highest BCUT2D eigenvalue weighted by atomic mass is 79.9. The fourth-order valence-electron chi connectivity index (χ4n) is 2.26. The summed E-state index contributed by atoms with van der Waals surface area (Å²) in [5.74, 6) is 0.745. The van der Waals surface area contributed by atoms with E-state index in [0.717, 1.165) is 15.8 Å². The Labute approximate surface area is 157 Å². The van der Waals surface area contributed by atoms with Gasteiger partial charge < -0.3 is 14.8 Å². The van der Waals surface area contributed by atoms with Crippen LogP contribution in [0.2, 0.25) is 0 Å². The number of para-hydroxylation sites is 1. The van der Waals surface area contributed by atoms with E-state index in [4.69, 9.17) is 9.47 Å². The average Bonchev–Trinajstić information content (AvgIpc) is 2.54. The zero-order valence-electron chi connectivity index (χ0n) is 14.8. The molecule has 0 bridgehead atoms. The van der Waals surface area contributed by atoms with Crippen LogP contribution in [0.15, 0.2) is 59.1 Å². The summed E-state index contributed by atoms with van der Waals surface area (Å²) in [6.45, 7) is 5.87. The molecule has 1 N–H and O–H groups in total. The van der Waals surface area contributed by atoms with Gasteiger partial charge >= 0.3 is 6.09 Å². The van der Waals surface area contributed by atoms with Gasteiger partial charge in [0.2, 0.25) is 0 Å². The van der Waals surface area contributed by atoms with Crippen LogP contribution in [0.1, 0.15) is 26.3 Å². The van der Waals surface area contributed by atoms with Crippen molar-refractivity contribution in [3.63, 3.8) is 0 Å². The van der Waals surface area contributed by atoms with E-state index in [1.807, 2.05) is 75.4 Å². The minimum atomic E-state index is -0.525. The van der Waals surface area contributed by atoms with E-state index in [1.54, 1.807) is 0 Å². The summed E-state index contributed by atoms with van der Waals surface area (Å²) in [5.41, 5.74) is 0.619. The Balaban J connectivity index is 2.04. The van der Waals surface area contributed by atoms with Crippen LogP contribution in [-0.4, -0.2) is 24.3 Å². The van der Waals surface area contributed by atoms with Gasteiger partial charge in [0.1, 0.15) is 17.5 Å². The Bertz CT molecular complexity index is 683. The molecule has 4 nitrogen and oxygen atoms in total. The Morgan fingerprint density at radius 1 is 1.08 bits per heavy atom. The van der Waals surface area contributed by atoms with Crippen molar-refractivity contribution in [2.45, 2.75) is 38.9 Å². The number of halogens is 1. The van der Waals surface area contributed by atoms with E-state index in [1.165, 1.54) is 0 Å². The number of alkyl carbamates (subject to hydrolysis) is 1. The molecule has 0 aliphatic rings. The van der Waals surface area contributed by atoms with Gasteiger partial charge in [0.25, 0.3) is 0 Å². The number of ether oxygens (including phenoxy) is 2. The molecule has 0 spiro atoms. The molecular weight excluding hydrogens is 382 g/mol. The molecule has 0 saturated carbocycles.